The first kappa shape index (κ1) is 18.8. The van der Waals surface area contributed by atoms with Crippen LogP contribution in [0.5, 0.6) is 0 Å². The van der Waals surface area contributed by atoms with E-state index in [1.165, 1.54) is 23.5 Å². The first-order valence-electron chi connectivity index (χ1n) is 8.43. The van der Waals surface area contributed by atoms with Gasteiger partial charge < -0.3 is 10.6 Å². The van der Waals surface area contributed by atoms with Crippen LogP contribution in [0.25, 0.3) is 0 Å². The van der Waals surface area contributed by atoms with Crippen molar-refractivity contribution < 1.29 is 13.2 Å². The molecule has 1 aromatic carbocycles. The maximum absolute atomic E-state index is 12.2. The lowest BCUT2D eigenvalue weighted by Crippen LogP contribution is -2.31. The Morgan fingerprint density at radius 3 is 2.58 bits per heavy atom. The summed E-state index contributed by atoms with van der Waals surface area (Å²) < 4.78 is 27.0. The number of nitrogens with zero attached hydrogens (tertiary/aromatic N) is 1. The van der Waals surface area contributed by atoms with Gasteiger partial charge in [0.25, 0.3) is 0 Å². The van der Waals surface area contributed by atoms with Crippen molar-refractivity contribution in [1.82, 2.24) is 15.0 Å². The fourth-order valence-corrected chi connectivity index (χ4v) is 4.27. The van der Waals surface area contributed by atoms with Crippen LogP contribution in [0.2, 0.25) is 0 Å². The van der Waals surface area contributed by atoms with Crippen molar-refractivity contribution in [2.24, 2.45) is 5.92 Å². The molecule has 0 spiro atoms. The predicted octanol–water partition coefficient (Wildman–Crippen LogP) is 3.02. The molecule has 1 aliphatic carbocycles. The van der Waals surface area contributed by atoms with Crippen LogP contribution >= 0.6 is 11.3 Å². The average Bonchev–Trinajstić information content (AvgIpc) is 3.33. The Morgan fingerprint density at radius 1 is 1.31 bits per heavy atom. The summed E-state index contributed by atoms with van der Waals surface area (Å²) in [4.78, 5) is 16.6. The molecule has 1 aromatic heterocycles. The molecule has 1 atom stereocenters. The van der Waals surface area contributed by atoms with E-state index in [1.54, 1.807) is 12.1 Å². The van der Waals surface area contributed by atoms with E-state index in [1.807, 2.05) is 19.2 Å². The molecule has 0 unspecified atom stereocenters. The largest absolute Gasteiger partial charge is 0.329 e. The van der Waals surface area contributed by atoms with Gasteiger partial charge in [0.05, 0.1) is 10.9 Å². The number of aromatic nitrogens is 1. The molecular weight excluding hydrogens is 372 g/mol. The Labute approximate surface area is 157 Å². The molecule has 2 aromatic rings. The molecule has 0 radical (unpaired) electrons. The number of anilines is 1. The Morgan fingerprint density at radius 2 is 2.00 bits per heavy atom. The second-order valence-electron chi connectivity index (χ2n) is 6.47. The van der Waals surface area contributed by atoms with Gasteiger partial charge in [-0.05, 0) is 56.9 Å². The Balaban J connectivity index is 1.55. The van der Waals surface area contributed by atoms with Crippen LogP contribution < -0.4 is 15.4 Å². The highest BCUT2D eigenvalue weighted by molar-refractivity contribution is 7.89. The van der Waals surface area contributed by atoms with Crippen molar-refractivity contribution >= 4 is 33.1 Å². The van der Waals surface area contributed by atoms with Gasteiger partial charge in [-0.25, -0.2) is 22.9 Å². The maximum atomic E-state index is 12.2. The van der Waals surface area contributed by atoms with Gasteiger partial charge in [-0.2, -0.15) is 0 Å². The van der Waals surface area contributed by atoms with Gasteiger partial charge in [0.2, 0.25) is 10.0 Å². The van der Waals surface area contributed by atoms with Crippen molar-refractivity contribution in [2.45, 2.75) is 37.6 Å². The number of benzene rings is 1. The first-order valence-corrected chi connectivity index (χ1v) is 10.8. The molecule has 0 aliphatic heterocycles. The van der Waals surface area contributed by atoms with Crippen molar-refractivity contribution in [3.05, 3.63) is 40.3 Å². The quantitative estimate of drug-likeness (QED) is 0.672. The van der Waals surface area contributed by atoms with E-state index in [-0.39, 0.29) is 17.0 Å². The summed E-state index contributed by atoms with van der Waals surface area (Å²) in [6.07, 6.45) is 2.17. The molecule has 26 heavy (non-hydrogen) atoms. The molecule has 1 fully saturated rings. The monoisotopic (exact) mass is 394 g/mol. The molecule has 1 heterocycles. The fraction of sp³-hybridized carbons (Fsp3) is 0.412. The SMILES string of the molecule is Cc1csc([C@H](C)NC(=O)Nc2ccc(S(=O)(=O)NCC3CC3)cc2)n1. The number of rotatable bonds is 7. The van der Waals surface area contributed by atoms with E-state index in [9.17, 15) is 13.2 Å². The number of hydrogen-bond donors (Lipinski definition) is 3. The number of sulfonamides is 1. The van der Waals surface area contributed by atoms with Crippen LogP contribution in [0.15, 0.2) is 34.5 Å². The third kappa shape index (κ3) is 5.03. The highest BCUT2D eigenvalue weighted by atomic mass is 32.2. The topological polar surface area (TPSA) is 100 Å². The summed E-state index contributed by atoms with van der Waals surface area (Å²) in [7, 11) is -3.50. The van der Waals surface area contributed by atoms with Gasteiger partial charge in [0.15, 0.2) is 0 Å². The molecule has 140 valence electrons. The third-order valence-corrected chi connectivity index (χ3v) is 6.62. The van der Waals surface area contributed by atoms with Crippen molar-refractivity contribution in [3.63, 3.8) is 0 Å². The molecule has 7 nitrogen and oxygen atoms in total. The standard InChI is InChI=1S/C17H22N4O3S2/c1-11-10-25-16(19-11)12(2)20-17(22)21-14-5-7-15(8-6-14)26(23,24)18-9-13-3-4-13/h5-8,10,12-13,18H,3-4,9H2,1-2H3,(H2,20,21,22)/t12-/m0/s1. The van der Waals surface area contributed by atoms with Crippen LogP contribution in [0.1, 0.15) is 36.5 Å². The number of hydrogen-bond acceptors (Lipinski definition) is 5. The average molecular weight is 395 g/mol. The first-order chi connectivity index (χ1) is 12.3. The van der Waals surface area contributed by atoms with E-state index in [0.29, 0.717) is 18.2 Å². The Hall–Kier alpha value is -1.97. The number of nitrogens with one attached hydrogen (secondary N) is 3. The number of carbonyl (C=O) groups excluding carboxylic acids is 1. The highest BCUT2D eigenvalue weighted by Crippen LogP contribution is 2.28. The summed E-state index contributed by atoms with van der Waals surface area (Å²) in [5, 5.41) is 8.28. The van der Waals surface area contributed by atoms with Gasteiger partial charge >= 0.3 is 6.03 Å². The van der Waals surface area contributed by atoms with Crippen LogP contribution in [0, 0.1) is 12.8 Å². The zero-order chi connectivity index (χ0) is 18.7. The zero-order valence-electron chi connectivity index (χ0n) is 14.7. The molecule has 0 bridgehead atoms. The molecule has 2 amide bonds. The van der Waals surface area contributed by atoms with Crippen LogP contribution in [-0.4, -0.2) is 26.0 Å². The molecule has 3 N–H and O–H groups in total. The lowest BCUT2D eigenvalue weighted by Gasteiger charge is -2.13. The number of thiazole rings is 1. The lowest BCUT2D eigenvalue weighted by molar-refractivity contribution is 0.249. The third-order valence-electron chi connectivity index (χ3n) is 4.04. The van der Waals surface area contributed by atoms with Gasteiger partial charge in [0.1, 0.15) is 5.01 Å². The Kier molecular flexibility index (Phi) is 5.59. The number of carbonyl (C=O) groups is 1. The number of urea groups is 1. The van der Waals surface area contributed by atoms with Gasteiger partial charge in [-0.1, -0.05) is 0 Å². The summed E-state index contributed by atoms with van der Waals surface area (Å²) >= 11 is 1.49. The molecule has 1 saturated carbocycles. The second-order valence-corrected chi connectivity index (χ2v) is 9.12. The second kappa shape index (κ2) is 7.73. The highest BCUT2D eigenvalue weighted by Gasteiger charge is 2.24. The summed E-state index contributed by atoms with van der Waals surface area (Å²) in [5.41, 5.74) is 1.44. The molecular formula is C17H22N4O3S2. The number of aryl methyl sites for hydroxylation is 1. The van der Waals surface area contributed by atoms with Gasteiger partial charge in [-0.3, -0.25) is 0 Å². The van der Waals surface area contributed by atoms with Crippen molar-refractivity contribution in [3.8, 4) is 0 Å². The molecule has 3 rings (SSSR count). The van der Waals surface area contributed by atoms with Crippen molar-refractivity contribution in [1.29, 1.82) is 0 Å². The minimum atomic E-state index is -3.50. The van der Waals surface area contributed by atoms with Crippen LogP contribution in [0.3, 0.4) is 0 Å². The fourth-order valence-electron chi connectivity index (χ4n) is 2.35. The minimum Gasteiger partial charge on any atom is -0.329 e. The zero-order valence-corrected chi connectivity index (χ0v) is 16.3. The molecule has 1 aliphatic rings. The van der Waals surface area contributed by atoms with E-state index in [2.05, 4.69) is 20.3 Å². The smallest absolute Gasteiger partial charge is 0.319 e. The van der Waals surface area contributed by atoms with E-state index in [4.69, 9.17) is 0 Å². The Bertz CT molecular complexity index is 874. The van der Waals surface area contributed by atoms with Crippen LogP contribution in [0.4, 0.5) is 10.5 Å². The minimum absolute atomic E-state index is 0.190. The van der Waals surface area contributed by atoms with Gasteiger partial charge in [-0.15, -0.1) is 11.3 Å². The van der Waals surface area contributed by atoms with Gasteiger partial charge in [0, 0.05) is 23.3 Å². The number of amides is 2. The van der Waals surface area contributed by atoms with E-state index < -0.39 is 10.0 Å². The summed E-state index contributed by atoms with van der Waals surface area (Å²) in [5.74, 6) is 0.470. The molecule has 0 saturated heterocycles. The summed E-state index contributed by atoms with van der Waals surface area (Å²) in [6, 6.07) is 5.54. The molecule has 9 heteroatoms. The normalized spacial score (nSPS) is 15.5. The van der Waals surface area contributed by atoms with Crippen LogP contribution in [-0.2, 0) is 10.0 Å². The van der Waals surface area contributed by atoms with E-state index >= 15 is 0 Å². The lowest BCUT2D eigenvalue weighted by atomic mass is 10.3. The van der Waals surface area contributed by atoms with E-state index in [0.717, 1.165) is 23.5 Å². The van der Waals surface area contributed by atoms with Crippen molar-refractivity contribution in [2.75, 3.05) is 11.9 Å². The predicted molar refractivity (Wildman–Crippen MR) is 102 cm³/mol. The maximum Gasteiger partial charge on any atom is 0.319 e. The summed E-state index contributed by atoms with van der Waals surface area (Å²) in [6.45, 7) is 4.25.